The zero-order valence-corrected chi connectivity index (χ0v) is 26.8. The van der Waals surface area contributed by atoms with E-state index in [0.717, 1.165) is 55.4 Å². The number of ether oxygens (including phenoxy) is 1. The van der Waals surface area contributed by atoms with Crippen LogP contribution < -0.4 is 10.6 Å². The molecule has 0 atom stereocenters. The highest BCUT2D eigenvalue weighted by molar-refractivity contribution is 5.83. The highest BCUT2D eigenvalue weighted by Crippen LogP contribution is 2.28. The van der Waals surface area contributed by atoms with Crippen LogP contribution in [0.3, 0.4) is 0 Å². The second-order valence-electron chi connectivity index (χ2n) is 13.3. The average molecular weight is 644 g/mol. The number of carbonyl (C=O) groups is 2. The molecule has 2 N–H and O–H groups in total. The molecule has 0 radical (unpaired) electrons. The number of halogens is 3. The number of amides is 2. The fraction of sp³-hybridized carbons (Fsp3) is 0.576. The Labute approximate surface area is 267 Å². The number of nitrogens with one attached hydrogen (secondary N) is 2. The van der Waals surface area contributed by atoms with Crippen LogP contribution in [0.15, 0.2) is 42.6 Å². The molecule has 0 unspecified atom stereocenters. The second kappa shape index (κ2) is 14.3. The van der Waals surface area contributed by atoms with Crippen molar-refractivity contribution in [3.63, 3.8) is 0 Å². The minimum atomic E-state index is -4.19. The predicted octanol–water partition coefficient (Wildman–Crippen LogP) is 6.44. The molecule has 0 bridgehead atoms. The van der Waals surface area contributed by atoms with Crippen molar-refractivity contribution in [2.24, 2.45) is 5.92 Å². The Hall–Kier alpha value is -3.87. The molecule has 46 heavy (non-hydrogen) atoms. The second-order valence-corrected chi connectivity index (χ2v) is 13.3. The van der Waals surface area contributed by atoms with Gasteiger partial charge in [-0.1, -0.05) is 12.1 Å². The standard InChI is InChI=1S/C33H44F3N7O3/c1-32(2,3)46-31(45)40-28-21-23(9-15-37-28)22-41-17-10-24(11-18-41)29(44)42-19-12-25(13-20-42)38-30-39-26-7-4-5-8-27(26)43(30)16-6-14-33(34,35)36/h4-5,7-9,15,21,24-25H,6,10-14,16-20,22H2,1-3H3,(H,38,39)(H,37,40,45). The lowest BCUT2D eigenvalue weighted by Crippen LogP contribution is -2.47. The van der Waals surface area contributed by atoms with Crippen molar-refractivity contribution in [1.29, 1.82) is 0 Å². The Bertz CT molecular complexity index is 1490. The van der Waals surface area contributed by atoms with Gasteiger partial charge in [-0.25, -0.2) is 14.8 Å². The highest BCUT2D eigenvalue weighted by atomic mass is 19.4. The van der Waals surface area contributed by atoms with E-state index in [1.807, 2.05) is 45.9 Å². The molecule has 1 aromatic carbocycles. The molecule has 2 saturated heterocycles. The largest absolute Gasteiger partial charge is 0.444 e. The molecular formula is C33H44F3N7O3. The van der Waals surface area contributed by atoms with Crippen molar-refractivity contribution < 1.29 is 27.5 Å². The van der Waals surface area contributed by atoms with Gasteiger partial charge < -0.3 is 19.5 Å². The average Bonchev–Trinajstić information content (AvgIpc) is 3.33. The van der Waals surface area contributed by atoms with E-state index < -0.39 is 24.3 Å². The van der Waals surface area contributed by atoms with Crippen LogP contribution in [0.5, 0.6) is 0 Å². The number of pyridine rings is 1. The number of fused-ring (bicyclic) bond motifs is 1. The monoisotopic (exact) mass is 643 g/mol. The number of anilines is 2. The number of imidazole rings is 1. The molecule has 2 fully saturated rings. The third kappa shape index (κ3) is 9.34. The maximum Gasteiger partial charge on any atom is 0.413 e. The summed E-state index contributed by atoms with van der Waals surface area (Å²) in [6.07, 6.45) is -0.853. The Balaban J connectivity index is 1.08. The van der Waals surface area contributed by atoms with Gasteiger partial charge in [0.2, 0.25) is 11.9 Å². The van der Waals surface area contributed by atoms with Crippen molar-refractivity contribution >= 4 is 34.8 Å². The molecule has 0 spiro atoms. The van der Waals surface area contributed by atoms with Crippen molar-refractivity contribution in [3.05, 3.63) is 48.2 Å². The van der Waals surface area contributed by atoms with Crippen LogP contribution in [-0.2, 0) is 22.6 Å². The van der Waals surface area contributed by atoms with Crippen molar-refractivity contribution in [2.75, 3.05) is 36.8 Å². The van der Waals surface area contributed by atoms with Gasteiger partial charge in [-0.15, -0.1) is 0 Å². The zero-order valence-electron chi connectivity index (χ0n) is 26.8. The molecule has 4 heterocycles. The summed E-state index contributed by atoms with van der Waals surface area (Å²) in [4.78, 5) is 38.7. The molecule has 3 aromatic rings. The van der Waals surface area contributed by atoms with Gasteiger partial charge in [0.05, 0.1) is 11.0 Å². The van der Waals surface area contributed by atoms with Crippen molar-refractivity contribution in [2.45, 2.75) is 90.2 Å². The quantitative estimate of drug-likeness (QED) is 0.277. The van der Waals surface area contributed by atoms with Gasteiger partial charge in [0, 0.05) is 50.8 Å². The fourth-order valence-electron chi connectivity index (χ4n) is 6.18. The minimum absolute atomic E-state index is 0.0135. The summed E-state index contributed by atoms with van der Waals surface area (Å²) in [5.41, 5.74) is 1.99. The lowest BCUT2D eigenvalue weighted by molar-refractivity contribution is -0.138. The maximum absolute atomic E-state index is 13.4. The van der Waals surface area contributed by atoms with Crippen LogP contribution in [0.25, 0.3) is 11.0 Å². The van der Waals surface area contributed by atoms with Gasteiger partial charge in [-0.05, 0) is 95.8 Å². The lowest BCUT2D eigenvalue weighted by atomic mass is 9.93. The molecule has 2 amide bonds. The normalized spacial score (nSPS) is 17.3. The summed E-state index contributed by atoms with van der Waals surface area (Å²) in [6, 6.07) is 11.3. The first-order chi connectivity index (χ1) is 21.8. The number of hydrogen-bond acceptors (Lipinski definition) is 7. The van der Waals surface area contributed by atoms with E-state index in [-0.39, 0.29) is 30.8 Å². The first kappa shape index (κ1) is 33.5. The summed E-state index contributed by atoms with van der Waals surface area (Å²) in [7, 11) is 0. The summed E-state index contributed by atoms with van der Waals surface area (Å²) >= 11 is 0. The van der Waals surface area contributed by atoms with Crippen molar-refractivity contribution in [3.8, 4) is 0 Å². The molecule has 0 saturated carbocycles. The molecule has 0 aliphatic carbocycles. The van der Waals surface area contributed by atoms with Crippen LogP contribution in [0.2, 0.25) is 0 Å². The van der Waals surface area contributed by atoms with E-state index in [9.17, 15) is 22.8 Å². The van der Waals surface area contributed by atoms with Crippen LogP contribution in [0.1, 0.15) is 64.9 Å². The third-order valence-electron chi connectivity index (χ3n) is 8.43. The summed E-state index contributed by atoms with van der Waals surface area (Å²) in [5, 5.41) is 6.16. The van der Waals surface area contributed by atoms with E-state index in [1.165, 1.54) is 0 Å². The summed E-state index contributed by atoms with van der Waals surface area (Å²) < 4.78 is 45.6. The summed E-state index contributed by atoms with van der Waals surface area (Å²) in [5.74, 6) is 1.21. The highest BCUT2D eigenvalue weighted by Gasteiger charge is 2.32. The molecular weight excluding hydrogens is 599 g/mol. The minimum Gasteiger partial charge on any atom is -0.444 e. The number of piperidine rings is 2. The number of carbonyl (C=O) groups excluding carboxylic acids is 2. The number of benzene rings is 1. The number of nitrogens with zero attached hydrogens (tertiary/aromatic N) is 5. The lowest BCUT2D eigenvalue weighted by Gasteiger charge is -2.37. The molecule has 2 aliphatic rings. The molecule has 5 rings (SSSR count). The molecule has 13 heteroatoms. The number of rotatable bonds is 9. The topological polar surface area (TPSA) is 105 Å². The molecule has 2 aliphatic heterocycles. The number of aromatic nitrogens is 3. The summed E-state index contributed by atoms with van der Waals surface area (Å²) in [6.45, 7) is 9.21. The Morgan fingerprint density at radius 1 is 1.00 bits per heavy atom. The maximum atomic E-state index is 13.4. The fourth-order valence-corrected chi connectivity index (χ4v) is 6.18. The number of likely N-dealkylation sites (tertiary alicyclic amines) is 2. The Kier molecular flexibility index (Phi) is 10.4. The Morgan fingerprint density at radius 3 is 2.41 bits per heavy atom. The van der Waals surface area contributed by atoms with E-state index in [1.54, 1.807) is 27.0 Å². The van der Waals surface area contributed by atoms with Gasteiger partial charge in [0.15, 0.2) is 0 Å². The van der Waals surface area contributed by atoms with E-state index in [0.29, 0.717) is 31.4 Å². The van der Waals surface area contributed by atoms with Gasteiger partial charge in [-0.3, -0.25) is 15.0 Å². The number of para-hydroxylation sites is 2. The van der Waals surface area contributed by atoms with E-state index >= 15 is 0 Å². The number of hydrogen-bond donors (Lipinski definition) is 2. The van der Waals surface area contributed by atoms with Crippen molar-refractivity contribution in [1.82, 2.24) is 24.3 Å². The van der Waals surface area contributed by atoms with Gasteiger partial charge in [0.25, 0.3) is 0 Å². The smallest absolute Gasteiger partial charge is 0.413 e. The van der Waals surface area contributed by atoms with E-state index in [2.05, 4.69) is 25.5 Å². The predicted molar refractivity (Wildman–Crippen MR) is 170 cm³/mol. The van der Waals surface area contributed by atoms with E-state index in [4.69, 9.17) is 4.74 Å². The van der Waals surface area contributed by atoms with Gasteiger partial charge >= 0.3 is 12.3 Å². The zero-order chi connectivity index (χ0) is 32.9. The SMILES string of the molecule is CC(C)(C)OC(=O)Nc1cc(CN2CCC(C(=O)N3CCC(Nc4nc5ccccc5n4CCCC(F)(F)F)CC3)CC2)ccn1. The van der Waals surface area contributed by atoms with Gasteiger partial charge in [0.1, 0.15) is 11.4 Å². The first-order valence-electron chi connectivity index (χ1n) is 16.1. The van der Waals surface area contributed by atoms with Crippen LogP contribution in [-0.4, -0.2) is 80.3 Å². The molecule has 250 valence electrons. The van der Waals surface area contributed by atoms with Crippen LogP contribution >= 0.6 is 0 Å². The third-order valence-corrected chi connectivity index (χ3v) is 8.43. The first-order valence-corrected chi connectivity index (χ1v) is 16.1. The number of alkyl halides is 3. The molecule has 10 nitrogen and oxygen atoms in total. The van der Waals surface area contributed by atoms with Crippen LogP contribution in [0.4, 0.5) is 29.7 Å². The van der Waals surface area contributed by atoms with Gasteiger partial charge in [-0.2, -0.15) is 13.2 Å². The Morgan fingerprint density at radius 2 is 1.72 bits per heavy atom. The molecule has 2 aromatic heterocycles. The number of aryl methyl sites for hydroxylation is 1. The van der Waals surface area contributed by atoms with Crippen LogP contribution in [0, 0.1) is 5.92 Å².